The highest BCUT2D eigenvalue weighted by molar-refractivity contribution is 6.06. The molecule has 0 atom stereocenters. The first-order valence-electron chi connectivity index (χ1n) is 8.94. The van der Waals surface area contributed by atoms with Crippen molar-refractivity contribution in [1.82, 2.24) is 5.32 Å². The van der Waals surface area contributed by atoms with E-state index in [4.69, 9.17) is 4.74 Å². The van der Waals surface area contributed by atoms with Gasteiger partial charge in [0.15, 0.2) is 0 Å². The molecule has 0 unspecified atom stereocenters. The van der Waals surface area contributed by atoms with E-state index < -0.39 is 0 Å². The predicted octanol–water partition coefficient (Wildman–Crippen LogP) is 4.95. The van der Waals surface area contributed by atoms with Gasteiger partial charge in [0.25, 0.3) is 5.91 Å². The third kappa shape index (κ3) is 4.23. The molecule has 0 aromatic heterocycles. The Balaban J connectivity index is 1.54. The Labute approximate surface area is 155 Å². The van der Waals surface area contributed by atoms with Crippen molar-refractivity contribution in [3.8, 4) is 5.75 Å². The number of benzene rings is 3. The molecule has 0 heterocycles. The normalized spacial score (nSPS) is 11.3. The second-order valence-electron chi connectivity index (χ2n) is 7.41. The van der Waals surface area contributed by atoms with Crippen LogP contribution in [0.2, 0.25) is 0 Å². The minimum absolute atomic E-state index is 0.0755. The molecule has 0 saturated carbocycles. The number of carbonyl (C=O) groups is 1. The molecule has 3 aromatic carbocycles. The maximum atomic E-state index is 12.5. The van der Waals surface area contributed by atoms with Crippen LogP contribution < -0.4 is 10.1 Å². The SMILES string of the molecule is CC(C)(C)c1ccc(OCCNC(=O)c2cccc3ccccc23)cc1. The van der Waals surface area contributed by atoms with Gasteiger partial charge in [0.05, 0.1) is 6.54 Å². The van der Waals surface area contributed by atoms with E-state index in [1.807, 2.05) is 54.6 Å². The van der Waals surface area contributed by atoms with E-state index in [1.54, 1.807) is 0 Å². The van der Waals surface area contributed by atoms with Crippen LogP contribution in [0.25, 0.3) is 10.8 Å². The molecule has 0 aliphatic heterocycles. The van der Waals surface area contributed by atoms with Crippen molar-refractivity contribution in [2.75, 3.05) is 13.2 Å². The average molecular weight is 347 g/mol. The van der Waals surface area contributed by atoms with Crippen LogP contribution in [-0.2, 0) is 5.41 Å². The van der Waals surface area contributed by atoms with Crippen LogP contribution in [-0.4, -0.2) is 19.1 Å². The predicted molar refractivity (Wildman–Crippen MR) is 107 cm³/mol. The molecular formula is C23H25NO2. The van der Waals surface area contributed by atoms with Crippen LogP contribution in [0.4, 0.5) is 0 Å². The van der Waals surface area contributed by atoms with Gasteiger partial charge in [0.2, 0.25) is 0 Å². The van der Waals surface area contributed by atoms with Gasteiger partial charge in [-0.25, -0.2) is 0 Å². The van der Waals surface area contributed by atoms with Gasteiger partial charge < -0.3 is 10.1 Å². The van der Waals surface area contributed by atoms with E-state index in [0.29, 0.717) is 18.7 Å². The van der Waals surface area contributed by atoms with Gasteiger partial charge in [-0.15, -0.1) is 0 Å². The molecule has 0 radical (unpaired) electrons. The molecule has 26 heavy (non-hydrogen) atoms. The summed E-state index contributed by atoms with van der Waals surface area (Å²) in [7, 11) is 0. The van der Waals surface area contributed by atoms with Gasteiger partial charge in [-0.2, -0.15) is 0 Å². The molecule has 3 heteroatoms. The Morgan fingerprint density at radius 1 is 0.923 bits per heavy atom. The van der Waals surface area contributed by atoms with Crippen LogP contribution >= 0.6 is 0 Å². The highest BCUT2D eigenvalue weighted by Gasteiger charge is 2.13. The lowest BCUT2D eigenvalue weighted by atomic mass is 9.87. The molecule has 0 spiro atoms. The first-order valence-corrected chi connectivity index (χ1v) is 8.94. The van der Waals surface area contributed by atoms with Crippen LogP contribution in [0.1, 0.15) is 36.7 Å². The maximum Gasteiger partial charge on any atom is 0.252 e. The Hall–Kier alpha value is -2.81. The fourth-order valence-electron chi connectivity index (χ4n) is 2.90. The summed E-state index contributed by atoms with van der Waals surface area (Å²) in [5.74, 6) is 0.742. The minimum Gasteiger partial charge on any atom is -0.492 e. The van der Waals surface area contributed by atoms with Gasteiger partial charge in [0.1, 0.15) is 12.4 Å². The summed E-state index contributed by atoms with van der Waals surface area (Å²) in [4.78, 5) is 12.5. The molecule has 3 aromatic rings. The Morgan fingerprint density at radius 2 is 1.62 bits per heavy atom. The van der Waals surface area contributed by atoms with Crippen LogP contribution in [0.5, 0.6) is 5.75 Å². The van der Waals surface area contributed by atoms with Gasteiger partial charge in [-0.1, -0.05) is 69.3 Å². The van der Waals surface area contributed by atoms with E-state index in [0.717, 1.165) is 16.5 Å². The lowest BCUT2D eigenvalue weighted by molar-refractivity contribution is 0.0948. The van der Waals surface area contributed by atoms with Crippen molar-refractivity contribution >= 4 is 16.7 Å². The number of ether oxygens (including phenoxy) is 1. The molecular weight excluding hydrogens is 322 g/mol. The lowest BCUT2D eigenvalue weighted by Crippen LogP contribution is -2.28. The molecule has 0 bridgehead atoms. The second kappa shape index (κ2) is 7.61. The fraction of sp³-hybridized carbons (Fsp3) is 0.261. The molecule has 1 amide bonds. The van der Waals surface area contributed by atoms with E-state index in [2.05, 4.69) is 38.2 Å². The number of amides is 1. The molecule has 3 nitrogen and oxygen atoms in total. The summed E-state index contributed by atoms with van der Waals surface area (Å²) in [6.07, 6.45) is 0. The number of fused-ring (bicyclic) bond motifs is 1. The van der Waals surface area contributed by atoms with E-state index in [-0.39, 0.29) is 11.3 Å². The number of carbonyl (C=O) groups excluding carboxylic acids is 1. The maximum absolute atomic E-state index is 12.5. The van der Waals surface area contributed by atoms with Crippen molar-refractivity contribution in [1.29, 1.82) is 0 Å². The topological polar surface area (TPSA) is 38.3 Å². The zero-order valence-electron chi connectivity index (χ0n) is 15.6. The lowest BCUT2D eigenvalue weighted by Gasteiger charge is -2.19. The van der Waals surface area contributed by atoms with Crippen LogP contribution in [0.3, 0.4) is 0 Å². The first kappa shape index (κ1) is 18.0. The number of nitrogens with one attached hydrogen (secondary N) is 1. The molecule has 0 fully saturated rings. The highest BCUT2D eigenvalue weighted by atomic mass is 16.5. The summed E-state index contributed by atoms with van der Waals surface area (Å²) in [6.45, 7) is 7.46. The zero-order chi connectivity index (χ0) is 18.6. The summed E-state index contributed by atoms with van der Waals surface area (Å²) < 4.78 is 5.73. The Morgan fingerprint density at radius 3 is 2.35 bits per heavy atom. The fourth-order valence-corrected chi connectivity index (χ4v) is 2.90. The standard InChI is InChI=1S/C23H25NO2/c1-23(2,3)18-11-13-19(14-12-18)26-16-15-24-22(25)21-10-6-8-17-7-4-5-9-20(17)21/h4-14H,15-16H2,1-3H3,(H,24,25). The second-order valence-corrected chi connectivity index (χ2v) is 7.41. The van der Waals surface area contributed by atoms with E-state index >= 15 is 0 Å². The first-order chi connectivity index (χ1) is 12.4. The van der Waals surface area contributed by atoms with Crippen LogP contribution in [0.15, 0.2) is 66.7 Å². The van der Waals surface area contributed by atoms with Crippen molar-refractivity contribution < 1.29 is 9.53 Å². The zero-order valence-corrected chi connectivity index (χ0v) is 15.6. The summed E-state index contributed by atoms with van der Waals surface area (Å²) in [5, 5.41) is 4.96. The Bertz CT molecular complexity index is 887. The Kier molecular flexibility index (Phi) is 5.27. The van der Waals surface area contributed by atoms with Crippen molar-refractivity contribution in [3.05, 3.63) is 77.9 Å². The third-order valence-corrected chi connectivity index (χ3v) is 4.41. The number of hydrogen-bond donors (Lipinski definition) is 1. The summed E-state index contributed by atoms with van der Waals surface area (Å²) in [6, 6.07) is 21.8. The third-order valence-electron chi connectivity index (χ3n) is 4.41. The number of rotatable bonds is 5. The quantitative estimate of drug-likeness (QED) is 0.664. The number of hydrogen-bond acceptors (Lipinski definition) is 2. The summed E-state index contributed by atoms with van der Waals surface area (Å²) >= 11 is 0. The van der Waals surface area contributed by atoms with Crippen LogP contribution in [0, 0.1) is 0 Å². The largest absolute Gasteiger partial charge is 0.492 e. The average Bonchev–Trinajstić information content (AvgIpc) is 2.64. The monoisotopic (exact) mass is 347 g/mol. The molecule has 134 valence electrons. The summed E-state index contributed by atoms with van der Waals surface area (Å²) in [5.41, 5.74) is 2.09. The molecule has 0 aliphatic carbocycles. The van der Waals surface area contributed by atoms with Gasteiger partial charge in [-0.3, -0.25) is 4.79 Å². The molecule has 3 rings (SSSR count). The van der Waals surface area contributed by atoms with Gasteiger partial charge >= 0.3 is 0 Å². The molecule has 1 N–H and O–H groups in total. The smallest absolute Gasteiger partial charge is 0.252 e. The van der Waals surface area contributed by atoms with Gasteiger partial charge in [-0.05, 0) is 39.9 Å². The van der Waals surface area contributed by atoms with Crippen molar-refractivity contribution in [3.63, 3.8) is 0 Å². The minimum atomic E-state index is -0.0755. The van der Waals surface area contributed by atoms with E-state index in [9.17, 15) is 4.79 Å². The highest BCUT2D eigenvalue weighted by Crippen LogP contribution is 2.24. The van der Waals surface area contributed by atoms with Gasteiger partial charge in [0, 0.05) is 5.56 Å². The van der Waals surface area contributed by atoms with E-state index in [1.165, 1.54) is 5.56 Å². The van der Waals surface area contributed by atoms with Crippen molar-refractivity contribution in [2.45, 2.75) is 26.2 Å². The molecule has 0 saturated heterocycles. The van der Waals surface area contributed by atoms with Crippen molar-refractivity contribution in [2.24, 2.45) is 0 Å². The molecule has 0 aliphatic rings.